The number of hydrogen-bond acceptors (Lipinski definition) is 3. The van der Waals surface area contributed by atoms with Crippen LogP contribution in [-0.4, -0.2) is 17.1 Å². The van der Waals surface area contributed by atoms with Crippen LogP contribution in [0.1, 0.15) is 32.2 Å². The Morgan fingerprint density at radius 1 is 1.33 bits per heavy atom. The number of pyridine rings is 1. The molecule has 2 N–H and O–H groups in total. The van der Waals surface area contributed by atoms with E-state index in [1.807, 2.05) is 39.8 Å². The van der Waals surface area contributed by atoms with Crippen LogP contribution in [0.5, 0.6) is 5.75 Å². The Labute approximate surface area is 91.7 Å². The molecule has 15 heavy (non-hydrogen) atoms. The van der Waals surface area contributed by atoms with Gasteiger partial charge in [-0.3, -0.25) is 4.98 Å². The zero-order valence-electron chi connectivity index (χ0n) is 9.95. The molecule has 1 atom stereocenters. The van der Waals surface area contributed by atoms with E-state index in [2.05, 4.69) is 4.98 Å². The first kappa shape index (κ1) is 12.0. The molecule has 0 saturated carbocycles. The molecule has 0 bridgehead atoms. The molecule has 3 heteroatoms. The molecule has 0 saturated heterocycles. The monoisotopic (exact) mass is 208 g/mol. The summed E-state index contributed by atoms with van der Waals surface area (Å²) >= 11 is 0. The Kier molecular flexibility index (Phi) is 4.09. The third kappa shape index (κ3) is 3.88. The Hall–Kier alpha value is -1.09. The molecule has 0 fully saturated rings. The minimum absolute atomic E-state index is 0.105. The number of hydrogen-bond donors (Lipinski definition) is 1. The largest absolute Gasteiger partial charge is 0.489 e. The first-order valence-electron chi connectivity index (χ1n) is 5.37. The highest BCUT2D eigenvalue weighted by Crippen LogP contribution is 2.19. The Bertz CT molecular complexity index is 321. The highest BCUT2D eigenvalue weighted by molar-refractivity contribution is 5.30. The lowest BCUT2D eigenvalue weighted by molar-refractivity contribution is 0.238. The fraction of sp³-hybridized carbons (Fsp3) is 0.583. The molecule has 0 aromatic carbocycles. The lowest BCUT2D eigenvalue weighted by Gasteiger charge is -2.15. The summed E-state index contributed by atoms with van der Waals surface area (Å²) in [5.74, 6) is 0.855. The van der Waals surface area contributed by atoms with E-state index < -0.39 is 0 Å². The van der Waals surface area contributed by atoms with Crippen molar-refractivity contribution >= 4 is 0 Å². The quantitative estimate of drug-likeness (QED) is 0.824. The molecule has 1 aromatic heterocycles. The average Bonchev–Trinajstić information content (AvgIpc) is 2.08. The van der Waals surface area contributed by atoms with Gasteiger partial charge >= 0.3 is 0 Å². The number of nitrogens with zero attached hydrogens (tertiary/aromatic N) is 1. The van der Waals surface area contributed by atoms with Crippen molar-refractivity contribution in [3.8, 4) is 5.75 Å². The number of nitrogens with two attached hydrogens (primary N) is 1. The summed E-state index contributed by atoms with van der Waals surface area (Å²) in [7, 11) is 0. The number of ether oxygens (including phenoxy) is 1. The van der Waals surface area contributed by atoms with E-state index in [0.29, 0.717) is 0 Å². The van der Waals surface area contributed by atoms with Crippen LogP contribution < -0.4 is 10.5 Å². The molecule has 0 aliphatic heterocycles. The van der Waals surface area contributed by atoms with Gasteiger partial charge in [0.25, 0.3) is 0 Å². The first-order chi connectivity index (χ1) is 6.99. The van der Waals surface area contributed by atoms with Crippen LogP contribution in [0, 0.1) is 6.92 Å². The predicted molar refractivity (Wildman–Crippen MR) is 62.1 cm³/mol. The van der Waals surface area contributed by atoms with E-state index in [4.69, 9.17) is 10.5 Å². The molecule has 1 unspecified atom stereocenters. The third-order valence-corrected chi connectivity index (χ3v) is 1.95. The van der Waals surface area contributed by atoms with Crippen molar-refractivity contribution in [2.45, 2.75) is 46.3 Å². The zero-order chi connectivity index (χ0) is 11.4. The van der Waals surface area contributed by atoms with E-state index >= 15 is 0 Å². The smallest absolute Gasteiger partial charge is 0.141 e. The van der Waals surface area contributed by atoms with Crippen LogP contribution in [0.4, 0.5) is 0 Å². The summed E-state index contributed by atoms with van der Waals surface area (Å²) in [6.07, 6.45) is 0.922. The normalized spacial score (nSPS) is 12.9. The maximum atomic E-state index is 5.78. The van der Waals surface area contributed by atoms with E-state index in [0.717, 1.165) is 23.6 Å². The molecule has 0 aliphatic rings. The van der Waals surface area contributed by atoms with Gasteiger partial charge in [-0.2, -0.15) is 0 Å². The van der Waals surface area contributed by atoms with Crippen LogP contribution in [-0.2, 0) is 6.42 Å². The summed E-state index contributed by atoms with van der Waals surface area (Å²) < 4.78 is 5.68. The Balaban J connectivity index is 2.92. The lowest BCUT2D eigenvalue weighted by atomic mass is 10.1. The van der Waals surface area contributed by atoms with E-state index in [9.17, 15) is 0 Å². The van der Waals surface area contributed by atoms with E-state index in [1.54, 1.807) is 0 Å². The van der Waals surface area contributed by atoms with Crippen LogP contribution in [0.25, 0.3) is 0 Å². The maximum Gasteiger partial charge on any atom is 0.141 e. The van der Waals surface area contributed by atoms with Gasteiger partial charge in [0.15, 0.2) is 0 Å². The molecule has 84 valence electrons. The third-order valence-electron chi connectivity index (χ3n) is 1.95. The molecular formula is C12H20N2O. The molecule has 0 spiro atoms. The van der Waals surface area contributed by atoms with Gasteiger partial charge in [0.2, 0.25) is 0 Å². The fourth-order valence-electron chi connectivity index (χ4n) is 1.41. The van der Waals surface area contributed by atoms with Gasteiger partial charge in [0.05, 0.1) is 11.8 Å². The van der Waals surface area contributed by atoms with Crippen molar-refractivity contribution < 1.29 is 4.74 Å². The van der Waals surface area contributed by atoms with Crippen molar-refractivity contribution in [1.82, 2.24) is 4.98 Å². The van der Waals surface area contributed by atoms with Crippen molar-refractivity contribution in [3.05, 3.63) is 23.5 Å². The van der Waals surface area contributed by atoms with Crippen LogP contribution >= 0.6 is 0 Å². The SMILES string of the molecule is Cc1ccc(OC(C)C)c(CC(C)N)n1. The lowest BCUT2D eigenvalue weighted by Crippen LogP contribution is -2.20. The second kappa shape index (κ2) is 5.12. The standard InChI is InChI=1S/C12H20N2O/c1-8(2)15-12-6-5-10(4)14-11(12)7-9(3)13/h5-6,8-9H,7,13H2,1-4H3. The summed E-state index contributed by atoms with van der Waals surface area (Å²) in [4.78, 5) is 4.46. The van der Waals surface area contributed by atoms with Crippen molar-refractivity contribution in [3.63, 3.8) is 0 Å². The topological polar surface area (TPSA) is 48.1 Å². The van der Waals surface area contributed by atoms with Crippen molar-refractivity contribution in [1.29, 1.82) is 0 Å². The summed E-state index contributed by atoms with van der Waals surface area (Å²) in [6, 6.07) is 4.04. The predicted octanol–water partition coefficient (Wildman–Crippen LogP) is 2.07. The van der Waals surface area contributed by atoms with Gasteiger partial charge in [-0.05, 0) is 39.8 Å². The number of aromatic nitrogens is 1. The number of aryl methyl sites for hydroxylation is 1. The second-order valence-electron chi connectivity index (χ2n) is 4.25. The van der Waals surface area contributed by atoms with Gasteiger partial charge in [0, 0.05) is 18.2 Å². The molecule has 0 amide bonds. The minimum Gasteiger partial charge on any atom is -0.489 e. The van der Waals surface area contributed by atoms with E-state index in [-0.39, 0.29) is 12.1 Å². The highest BCUT2D eigenvalue weighted by atomic mass is 16.5. The van der Waals surface area contributed by atoms with Gasteiger partial charge in [-0.25, -0.2) is 0 Å². The fourth-order valence-corrected chi connectivity index (χ4v) is 1.41. The van der Waals surface area contributed by atoms with Gasteiger partial charge in [0.1, 0.15) is 5.75 Å². The maximum absolute atomic E-state index is 5.78. The molecule has 0 aliphatic carbocycles. The molecule has 1 rings (SSSR count). The zero-order valence-corrected chi connectivity index (χ0v) is 9.95. The van der Waals surface area contributed by atoms with Crippen LogP contribution in [0.15, 0.2) is 12.1 Å². The van der Waals surface area contributed by atoms with Gasteiger partial charge in [-0.1, -0.05) is 0 Å². The Morgan fingerprint density at radius 2 is 2.00 bits per heavy atom. The van der Waals surface area contributed by atoms with E-state index in [1.165, 1.54) is 0 Å². The Morgan fingerprint density at radius 3 is 2.53 bits per heavy atom. The van der Waals surface area contributed by atoms with Crippen LogP contribution in [0.3, 0.4) is 0 Å². The van der Waals surface area contributed by atoms with Crippen LogP contribution in [0.2, 0.25) is 0 Å². The molecule has 0 radical (unpaired) electrons. The second-order valence-corrected chi connectivity index (χ2v) is 4.25. The van der Waals surface area contributed by atoms with Crippen molar-refractivity contribution in [2.24, 2.45) is 5.73 Å². The van der Waals surface area contributed by atoms with Gasteiger partial charge < -0.3 is 10.5 Å². The van der Waals surface area contributed by atoms with Gasteiger partial charge in [-0.15, -0.1) is 0 Å². The summed E-state index contributed by atoms with van der Waals surface area (Å²) in [6.45, 7) is 7.97. The molecule has 1 aromatic rings. The molecule has 1 heterocycles. The summed E-state index contributed by atoms with van der Waals surface area (Å²) in [5.41, 5.74) is 7.74. The average molecular weight is 208 g/mol. The molecule has 3 nitrogen and oxygen atoms in total. The summed E-state index contributed by atoms with van der Waals surface area (Å²) in [5, 5.41) is 0. The highest BCUT2D eigenvalue weighted by Gasteiger charge is 2.09. The van der Waals surface area contributed by atoms with Crippen molar-refractivity contribution in [2.75, 3.05) is 0 Å². The number of rotatable bonds is 4. The molecular weight excluding hydrogens is 188 g/mol. The first-order valence-corrected chi connectivity index (χ1v) is 5.37. The minimum atomic E-state index is 0.105.